The number of carboxylic acid groups (broad SMARTS) is 1. The summed E-state index contributed by atoms with van der Waals surface area (Å²) >= 11 is 3.17. The number of benzene rings is 2. The number of hydrogen-bond donors (Lipinski definition) is 2. The predicted octanol–water partition coefficient (Wildman–Crippen LogP) is 4.15. The average Bonchev–Trinajstić information content (AvgIpc) is 3.41. The van der Waals surface area contributed by atoms with Gasteiger partial charge < -0.3 is 14.7 Å². The zero-order chi connectivity index (χ0) is 26.0. The summed E-state index contributed by atoms with van der Waals surface area (Å²) in [5.74, 6) is -1.39. The number of carbonyl (C=O) groups excluding carboxylic acids is 2. The number of aliphatic carboxylic acids is 1. The van der Waals surface area contributed by atoms with Crippen LogP contribution in [0.25, 0.3) is 0 Å². The van der Waals surface area contributed by atoms with Gasteiger partial charge in [0.25, 0.3) is 0 Å². The largest absolute Gasteiger partial charge is 0.480 e. The van der Waals surface area contributed by atoms with Crippen molar-refractivity contribution in [2.75, 3.05) is 18.8 Å². The van der Waals surface area contributed by atoms with Gasteiger partial charge in [0.15, 0.2) is 0 Å². The van der Waals surface area contributed by atoms with Crippen LogP contribution in [0.1, 0.15) is 28.4 Å². The molecule has 1 amide bonds. The maximum atomic E-state index is 13.4. The molecule has 1 fully saturated rings. The van der Waals surface area contributed by atoms with Gasteiger partial charge in [-0.05, 0) is 46.4 Å². The first-order chi connectivity index (χ1) is 18.0. The number of thioether (sulfide) groups is 1. The molecule has 0 aliphatic carbocycles. The first-order valence-corrected chi connectivity index (χ1v) is 14.1. The molecule has 0 spiro atoms. The Balaban J connectivity index is 1.49. The molecular formula is C28H30N2O5S2. The quantitative estimate of drug-likeness (QED) is 0.354. The Hall–Kier alpha value is -3.14. The number of ether oxygens (including phenoxy) is 1. The Morgan fingerprint density at radius 1 is 1.05 bits per heavy atom. The van der Waals surface area contributed by atoms with Crippen molar-refractivity contribution in [1.29, 1.82) is 0 Å². The fourth-order valence-corrected chi connectivity index (χ4v) is 6.32. The molecule has 0 radical (unpaired) electrons. The van der Waals surface area contributed by atoms with Crippen LogP contribution in [0.15, 0.2) is 77.5 Å². The Morgan fingerprint density at radius 3 is 2.41 bits per heavy atom. The number of nitrogens with one attached hydrogen (secondary N) is 1. The van der Waals surface area contributed by atoms with Crippen LogP contribution in [0, 0.1) is 0 Å². The Bertz CT molecular complexity index is 1160. The van der Waals surface area contributed by atoms with Crippen LogP contribution in [0.2, 0.25) is 0 Å². The monoisotopic (exact) mass is 538 g/mol. The van der Waals surface area contributed by atoms with Gasteiger partial charge in [0.2, 0.25) is 5.91 Å². The highest BCUT2D eigenvalue weighted by atomic mass is 32.2. The average molecular weight is 539 g/mol. The summed E-state index contributed by atoms with van der Waals surface area (Å²) in [5, 5.41) is 16.7. The Kier molecular flexibility index (Phi) is 9.76. The second-order valence-corrected chi connectivity index (χ2v) is 10.9. The third-order valence-electron chi connectivity index (χ3n) is 6.18. The van der Waals surface area contributed by atoms with Crippen molar-refractivity contribution in [2.45, 2.75) is 36.8 Å². The van der Waals surface area contributed by atoms with Gasteiger partial charge in [-0.3, -0.25) is 19.7 Å². The molecule has 1 saturated heterocycles. The number of carbonyl (C=O) groups is 3. The van der Waals surface area contributed by atoms with E-state index < -0.39 is 24.0 Å². The summed E-state index contributed by atoms with van der Waals surface area (Å²) < 4.78 is 5.63. The predicted molar refractivity (Wildman–Crippen MR) is 145 cm³/mol. The minimum Gasteiger partial charge on any atom is -0.480 e. The lowest BCUT2D eigenvalue weighted by molar-refractivity contribution is -0.149. The van der Waals surface area contributed by atoms with Gasteiger partial charge in [0.05, 0.1) is 6.04 Å². The second-order valence-electron chi connectivity index (χ2n) is 8.88. The summed E-state index contributed by atoms with van der Waals surface area (Å²) in [6.07, 6.45) is 1.07. The zero-order valence-corrected chi connectivity index (χ0v) is 22.0. The number of hydrogen-bond acceptors (Lipinski definition) is 7. The number of carboxylic acids is 1. The van der Waals surface area contributed by atoms with E-state index in [1.54, 1.807) is 23.1 Å². The molecule has 2 N–H and O–H groups in total. The number of nitrogens with zero attached hydrogens (tertiary/aromatic N) is 1. The van der Waals surface area contributed by atoms with Crippen molar-refractivity contribution < 1.29 is 24.2 Å². The Morgan fingerprint density at radius 2 is 1.76 bits per heavy atom. The number of esters is 1. The van der Waals surface area contributed by atoms with Crippen LogP contribution in [0.5, 0.6) is 0 Å². The van der Waals surface area contributed by atoms with Gasteiger partial charge >= 0.3 is 11.9 Å². The first kappa shape index (κ1) is 26.9. The molecule has 37 heavy (non-hydrogen) atoms. The van der Waals surface area contributed by atoms with E-state index in [1.165, 1.54) is 4.90 Å². The number of aryl methyl sites for hydroxylation is 1. The summed E-state index contributed by atoms with van der Waals surface area (Å²) in [4.78, 5) is 39.6. The smallest absolute Gasteiger partial charge is 0.323 e. The lowest BCUT2D eigenvalue weighted by Gasteiger charge is -2.27. The van der Waals surface area contributed by atoms with Crippen LogP contribution >= 0.6 is 23.1 Å². The van der Waals surface area contributed by atoms with Gasteiger partial charge in [-0.2, -0.15) is 11.3 Å². The molecule has 3 unspecified atom stereocenters. The molecular weight excluding hydrogens is 508 g/mol. The fourth-order valence-electron chi connectivity index (χ4n) is 4.23. The molecule has 1 aromatic heterocycles. The van der Waals surface area contributed by atoms with Crippen molar-refractivity contribution in [3.05, 3.63) is 94.2 Å². The molecule has 2 heterocycles. The number of rotatable bonds is 11. The minimum absolute atomic E-state index is 0.0332. The van der Waals surface area contributed by atoms with E-state index in [9.17, 15) is 19.5 Å². The van der Waals surface area contributed by atoms with Crippen LogP contribution < -0.4 is 5.32 Å². The van der Waals surface area contributed by atoms with Gasteiger partial charge in [0.1, 0.15) is 19.2 Å². The van der Waals surface area contributed by atoms with E-state index in [4.69, 9.17) is 4.74 Å². The standard InChI is InChI=1S/C28H30N2O5S2/c31-26(32)16-30-15-25(22-13-14-36-18-22)37-19-24(27(30)33)29-23(12-11-20-7-3-1-4-8-20)28(34)35-17-21-9-5-2-6-10-21/h1-10,13-14,18,23-25,29H,11-12,15-17,19H2,(H,31,32). The van der Waals surface area contributed by atoms with Gasteiger partial charge in [0, 0.05) is 17.5 Å². The highest BCUT2D eigenvalue weighted by molar-refractivity contribution is 7.99. The van der Waals surface area contributed by atoms with Crippen molar-refractivity contribution in [3.8, 4) is 0 Å². The molecule has 2 aromatic carbocycles. The summed E-state index contributed by atoms with van der Waals surface area (Å²) in [5.41, 5.74) is 3.03. The first-order valence-electron chi connectivity index (χ1n) is 12.1. The van der Waals surface area contributed by atoms with Crippen molar-refractivity contribution in [2.24, 2.45) is 0 Å². The molecule has 3 atom stereocenters. The van der Waals surface area contributed by atoms with E-state index >= 15 is 0 Å². The minimum atomic E-state index is -1.06. The maximum absolute atomic E-state index is 13.4. The summed E-state index contributed by atoms with van der Waals surface area (Å²) in [6, 6.07) is 19.9. The van der Waals surface area contributed by atoms with Gasteiger partial charge in [-0.25, -0.2) is 0 Å². The topological polar surface area (TPSA) is 95.9 Å². The number of amides is 1. The van der Waals surface area contributed by atoms with Gasteiger partial charge in [-0.15, -0.1) is 11.8 Å². The highest BCUT2D eigenvalue weighted by Gasteiger charge is 2.36. The molecule has 0 saturated carbocycles. The third-order valence-corrected chi connectivity index (χ3v) is 8.23. The van der Waals surface area contributed by atoms with Crippen LogP contribution in [-0.2, 0) is 32.1 Å². The fraction of sp³-hybridized carbons (Fsp3) is 0.321. The molecule has 4 rings (SSSR count). The second kappa shape index (κ2) is 13.4. The zero-order valence-electron chi connectivity index (χ0n) is 20.3. The SMILES string of the molecule is O=C(O)CN1CC(c2ccsc2)SCC(NC(CCc2ccccc2)C(=O)OCc2ccccc2)C1=O. The summed E-state index contributed by atoms with van der Waals surface area (Å²) in [6.45, 7) is 0.0606. The third kappa shape index (κ3) is 7.92. The normalized spacial score (nSPS) is 18.7. The molecule has 0 bridgehead atoms. The van der Waals surface area contributed by atoms with Crippen molar-refractivity contribution in [3.63, 3.8) is 0 Å². The van der Waals surface area contributed by atoms with Crippen molar-refractivity contribution >= 4 is 40.9 Å². The van der Waals surface area contributed by atoms with Crippen molar-refractivity contribution in [1.82, 2.24) is 10.2 Å². The van der Waals surface area contributed by atoms with E-state index in [1.807, 2.05) is 77.5 Å². The molecule has 7 nitrogen and oxygen atoms in total. The highest BCUT2D eigenvalue weighted by Crippen LogP contribution is 2.34. The van der Waals surface area contributed by atoms with Crippen LogP contribution in [0.3, 0.4) is 0 Å². The molecule has 1 aliphatic heterocycles. The maximum Gasteiger partial charge on any atom is 0.323 e. The Labute approximate surface area is 224 Å². The van der Waals surface area contributed by atoms with E-state index in [0.717, 1.165) is 16.7 Å². The van der Waals surface area contributed by atoms with Crippen LogP contribution in [-0.4, -0.2) is 58.8 Å². The van der Waals surface area contributed by atoms with Gasteiger partial charge in [-0.1, -0.05) is 60.7 Å². The van der Waals surface area contributed by atoms with E-state index in [-0.39, 0.29) is 24.3 Å². The van der Waals surface area contributed by atoms with E-state index in [2.05, 4.69) is 5.32 Å². The molecule has 3 aromatic rings. The molecule has 9 heteroatoms. The molecule has 1 aliphatic rings. The lowest BCUT2D eigenvalue weighted by Crippen LogP contribution is -2.53. The molecule has 194 valence electrons. The van der Waals surface area contributed by atoms with Crippen LogP contribution in [0.4, 0.5) is 0 Å². The summed E-state index contributed by atoms with van der Waals surface area (Å²) in [7, 11) is 0. The number of thiophene rings is 1. The van der Waals surface area contributed by atoms with E-state index in [0.29, 0.717) is 25.1 Å². The lowest BCUT2D eigenvalue weighted by atomic mass is 10.0.